The van der Waals surface area contributed by atoms with Crippen molar-refractivity contribution < 1.29 is 57.5 Å². The van der Waals surface area contributed by atoms with Gasteiger partial charge < -0.3 is 41.0 Å². The van der Waals surface area contributed by atoms with Crippen LogP contribution < -0.4 is 31.1 Å². The number of amides is 6. The number of allylic oxidation sites excluding steroid dienone is 16. The summed E-state index contributed by atoms with van der Waals surface area (Å²) in [6.07, 6.45) is 27.6. The zero-order chi connectivity index (χ0) is 81.6. The van der Waals surface area contributed by atoms with Crippen molar-refractivity contribution in [1.29, 1.82) is 0 Å². The standard InChI is InChI=1S/C49H61N5O6.C45H58N4O4/c1-8-29-50-45(58)49(46(59)51-30-17-11-12-22-44(57)60-54-42(55)27-28-43(54)56)32-34(23-25-40-47(4,5)36-18-13-15-20-38(36)52(40)9-2)31-35(33-49)24-26-41-48(6,7)37-19-14-16-21-39(37)53(41)10-3;1-8-27-46-41(52)45(42(53)47-28-17-11-12-22-40(50)51)30-32(23-25-38-43(4,5)34-18-13-15-20-36(34)48(38)9-2)29-33(31-45)24-26-39-44(6,7)35-19-14-16-21-37(35)49(39)10-3/h13-16,18-21,23-26,31H,8-12,17,22,27-30,32-33H2,1-7H3,(H-,50,51,58,59);13-16,18-21,23-26,29H,8-12,17,22,27-28,30-31H2,1-7H3,(H2-,46,47,50,51,52,53)/p+2. The Morgan fingerprint density at radius 2 is 0.814 bits per heavy atom. The number of rotatable bonds is 31. The Bertz CT molecular complexity index is 4630. The molecule has 5 N–H and O–H groups in total. The fourth-order valence-corrected chi connectivity index (χ4v) is 17.7. The average Bonchev–Trinajstić information content (AvgIpc) is 1.66. The van der Waals surface area contributed by atoms with Crippen molar-refractivity contribution in [2.45, 2.75) is 221 Å². The number of carboxylic acid groups (broad SMARTS) is 1. The van der Waals surface area contributed by atoms with Crippen molar-refractivity contribution in [1.82, 2.24) is 26.3 Å². The number of hydroxylamine groups is 2. The molecule has 4 aromatic carbocycles. The van der Waals surface area contributed by atoms with E-state index in [0.29, 0.717) is 69.8 Å². The molecule has 2 atom stereocenters. The summed E-state index contributed by atoms with van der Waals surface area (Å²) in [5.74, 6) is -3.67. The number of aliphatic carboxylic acids is 1. The molecule has 2 unspecified atom stereocenters. The van der Waals surface area contributed by atoms with E-state index >= 15 is 0 Å². The lowest BCUT2D eigenvalue weighted by Gasteiger charge is -2.35. The van der Waals surface area contributed by atoms with Gasteiger partial charge in [0.15, 0.2) is 11.4 Å². The van der Waals surface area contributed by atoms with Gasteiger partial charge in [0, 0.05) is 134 Å². The number of benzene rings is 4. The molecule has 0 radical (unpaired) electrons. The number of carbonyl (C=O) groups is 8. The van der Waals surface area contributed by atoms with Crippen molar-refractivity contribution in [2.24, 2.45) is 10.8 Å². The summed E-state index contributed by atoms with van der Waals surface area (Å²) in [5.41, 5.74) is 14.5. The van der Waals surface area contributed by atoms with E-state index in [1.165, 1.54) is 56.4 Å². The van der Waals surface area contributed by atoms with Crippen LogP contribution in [0.4, 0.5) is 22.7 Å². The van der Waals surface area contributed by atoms with Crippen molar-refractivity contribution >= 4 is 81.6 Å². The summed E-state index contributed by atoms with van der Waals surface area (Å²) < 4.78 is 4.70. The topological polar surface area (TPSA) is 230 Å². The van der Waals surface area contributed by atoms with Crippen LogP contribution in [0.15, 0.2) is 192 Å². The summed E-state index contributed by atoms with van der Waals surface area (Å²) >= 11 is 0. The molecule has 0 spiro atoms. The monoisotopic (exact) mass is 1540 g/mol. The number of carbonyl (C=O) groups excluding carboxylic acids is 7. The minimum absolute atomic E-state index is 0.0339. The highest BCUT2D eigenvalue weighted by Crippen LogP contribution is 2.51. The number of anilines is 2. The van der Waals surface area contributed by atoms with E-state index in [-0.39, 0.29) is 96.7 Å². The van der Waals surface area contributed by atoms with Crippen LogP contribution in [0.5, 0.6) is 0 Å². The van der Waals surface area contributed by atoms with Crippen molar-refractivity contribution in [2.75, 3.05) is 62.2 Å². The van der Waals surface area contributed by atoms with Crippen LogP contribution in [0.25, 0.3) is 0 Å². The largest absolute Gasteiger partial charge is 0.481 e. The molecule has 19 nitrogen and oxygen atoms in total. The summed E-state index contributed by atoms with van der Waals surface area (Å²) in [6, 6.07) is 34.1. The molecule has 0 bridgehead atoms. The Morgan fingerprint density at radius 1 is 0.442 bits per heavy atom. The van der Waals surface area contributed by atoms with Crippen LogP contribution in [-0.4, -0.2) is 130 Å². The number of hydrogen-bond donors (Lipinski definition) is 5. The second-order valence-electron chi connectivity index (χ2n) is 33.0. The third-order valence-corrected chi connectivity index (χ3v) is 23.8. The Kier molecular flexibility index (Phi) is 27.6. The van der Waals surface area contributed by atoms with Crippen molar-refractivity contribution in [3.63, 3.8) is 0 Å². The van der Waals surface area contributed by atoms with Gasteiger partial charge in [-0.1, -0.05) is 164 Å². The van der Waals surface area contributed by atoms with Crippen LogP contribution in [0.1, 0.15) is 222 Å². The molecular formula is C94H121N9O10+2. The van der Waals surface area contributed by atoms with Gasteiger partial charge in [-0.3, -0.25) is 33.6 Å². The molecule has 11 rings (SSSR count). The fourth-order valence-electron chi connectivity index (χ4n) is 17.7. The molecule has 1 fully saturated rings. The van der Waals surface area contributed by atoms with Crippen LogP contribution in [-0.2, 0) is 64.9 Å². The fraction of sp³-hybridized carbons (Fsp3) is 0.468. The number of hydrogen-bond acceptors (Lipinski definition) is 11. The number of imide groups is 1. The number of para-hydroxylation sites is 4. The van der Waals surface area contributed by atoms with Gasteiger partial charge in [0.05, 0.1) is 10.8 Å². The zero-order valence-corrected chi connectivity index (χ0v) is 69.3. The van der Waals surface area contributed by atoms with Gasteiger partial charge in [0.2, 0.25) is 35.0 Å². The molecule has 19 heteroatoms. The van der Waals surface area contributed by atoms with Gasteiger partial charge in [-0.15, -0.1) is 5.06 Å². The van der Waals surface area contributed by atoms with E-state index in [2.05, 4.69) is 281 Å². The SMILES string of the molecule is CCCNC(=O)C1(C(=O)NCCCCCC(=O)O)CC(/C=C/C2=[N+](CC)c3ccccc3C2(C)C)=CC(=C/C=C2/N(CC)c3ccccc3C2(C)C)/C1.CCCNC(=O)C1(C(=O)NCCCCCC(=O)ON2C(=O)CCC2=O)CC(/C=C/C2=[N+](CC)c3ccccc3C2(C)C)=CC(=C/C=C2/N(CC)c3ccccc3C2(C)C)/C1. The lowest BCUT2D eigenvalue weighted by molar-refractivity contribution is -0.433. The molecule has 1 saturated heterocycles. The molecule has 4 aromatic rings. The number of nitrogens with one attached hydrogen (secondary N) is 4. The van der Waals surface area contributed by atoms with Gasteiger partial charge in [-0.2, -0.15) is 9.15 Å². The highest BCUT2D eigenvalue weighted by atomic mass is 16.7. The van der Waals surface area contributed by atoms with E-state index in [9.17, 15) is 38.4 Å². The summed E-state index contributed by atoms with van der Waals surface area (Å²) in [4.78, 5) is 114. The quantitative estimate of drug-likeness (QED) is 0.0137. The molecule has 0 aromatic heterocycles. The van der Waals surface area contributed by atoms with E-state index in [1.54, 1.807) is 0 Å². The first-order chi connectivity index (χ1) is 54.0. The van der Waals surface area contributed by atoms with Crippen LogP contribution >= 0.6 is 0 Å². The molecule has 2 aliphatic carbocycles. The van der Waals surface area contributed by atoms with Crippen LogP contribution in [0.2, 0.25) is 0 Å². The highest BCUT2D eigenvalue weighted by molar-refractivity contribution is 6.08. The molecule has 0 saturated carbocycles. The molecule has 7 aliphatic rings. The number of likely N-dealkylation sites (N-methyl/N-ethyl adjacent to an activating group) is 2. The first-order valence-electron chi connectivity index (χ1n) is 41.3. The van der Waals surface area contributed by atoms with Gasteiger partial charge in [-0.25, -0.2) is 4.79 Å². The van der Waals surface area contributed by atoms with Crippen molar-refractivity contribution in [3.05, 3.63) is 214 Å². The lowest BCUT2D eigenvalue weighted by atomic mass is 9.70. The van der Waals surface area contributed by atoms with E-state index in [1.807, 2.05) is 13.8 Å². The average molecular weight is 1540 g/mol. The smallest absolute Gasteiger partial charge is 0.333 e. The first-order valence-corrected chi connectivity index (χ1v) is 41.3. The molecule has 5 heterocycles. The summed E-state index contributed by atoms with van der Waals surface area (Å²) in [7, 11) is 0. The number of fused-ring (bicyclic) bond motifs is 4. The van der Waals surface area contributed by atoms with E-state index in [0.717, 1.165) is 72.7 Å². The Balaban J connectivity index is 0.000000241. The van der Waals surface area contributed by atoms with E-state index in [4.69, 9.17) is 9.94 Å². The third kappa shape index (κ3) is 18.0. The molecular weight excluding hydrogens is 1420 g/mol. The molecule has 600 valence electrons. The second kappa shape index (κ2) is 36.7. The Labute approximate surface area is 669 Å². The summed E-state index contributed by atoms with van der Waals surface area (Å²) in [6.45, 7) is 35.5. The minimum Gasteiger partial charge on any atom is -0.481 e. The zero-order valence-electron chi connectivity index (χ0n) is 69.3. The minimum atomic E-state index is -1.41. The Morgan fingerprint density at radius 3 is 1.19 bits per heavy atom. The summed E-state index contributed by atoms with van der Waals surface area (Å²) in [5, 5.41) is 22.0. The lowest BCUT2D eigenvalue weighted by Crippen LogP contribution is -2.53. The predicted octanol–water partition coefficient (Wildman–Crippen LogP) is 16.0. The maximum absolute atomic E-state index is 14.6. The maximum atomic E-state index is 14.6. The predicted molar refractivity (Wildman–Crippen MR) is 449 cm³/mol. The van der Waals surface area contributed by atoms with Crippen molar-refractivity contribution in [3.8, 4) is 0 Å². The molecule has 5 aliphatic heterocycles. The Hall–Kier alpha value is -10.3. The van der Waals surface area contributed by atoms with Crippen LogP contribution in [0.3, 0.4) is 0 Å². The van der Waals surface area contributed by atoms with E-state index < -0.39 is 34.6 Å². The first kappa shape index (κ1) is 85.1. The number of nitrogens with zero attached hydrogens (tertiary/aromatic N) is 5. The molecule has 113 heavy (non-hydrogen) atoms. The normalized spacial score (nSPS) is 21.7. The molecule has 6 amide bonds. The van der Waals surface area contributed by atoms with Crippen LogP contribution in [0, 0.1) is 10.8 Å². The van der Waals surface area contributed by atoms with Gasteiger partial charge in [0.25, 0.3) is 11.8 Å². The van der Waals surface area contributed by atoms with Gasteiger partial charge in [0.1, 0.15) is 23.9 Å². The third-order valence-electron chi connectivity index (χ3n) is 23.8. The number of unbranched alkanes of at least 4 members (excludes halogenated alkanes) is 4. The van der Waals surface area contributed by atoms with Gasteiger partial charge >= 0.3 is 11.9 Å². The number of carboxylic acids is 1. The highest BCUT2D eigenvalue weighted by Gasteiger charge is 2.52. The maximum Gasteiger partial charge on any atom is 0.333 e. The van der Waals surface area contributed by atoms with Gasteiger partial charge in [-0.05, 0) is 177 Å². The second-order valence-corrected chi connectivity index (χ2v) is 33.0.